The van der Waals surface area contributed by atoms with Crippen LogP contribution in [0.3, 0.4) is 0 Å². The third-order valence-electron chi connectivity index (χ3n) is 2.71. The van der Waals surface area contributed by atoms with Crippen LogP contribution in [0, 0.1) is 0 Å². The van der Waals surface area contributed by atoms with Gasteiger partial charge in [-0.05, 0) is 27.2 Å². The molecular weight excluding hydrogens is 306 g/mol. The Kier molecular flexibility index (Phi) is 6.31. The first-order chi connectivity index (χ1) is 10.1. The molecule has 1 aromatic rings. The summed E-state index contributed by atoms with van der Waals surface area (Å²) in [5.41, 5.74) is -0.274. The molecule has 0 aliphatic heterocycles. The summed E-state index contributed by atoms with van der Waals surface area (Å²) in [4.78, 5) is 28.7. The molecule has 2 N–H and O–H groups in total. The molecular formula is C14H23N3O4S. The first-order valence-corrected chi connectivity index (χ1v) is 7.81. The minimum absolute atomic E-state index is 0.280. The fraction of sp³-hybridized carbons (Fsp3) is 0.643. The molecule has 0 aliphatic rings. The predicted molar refractivity (Wildman–Crippen MR) is 83.9 cm³/mol. The van der Waals surface area contributed by atoms with Gasteiger partial charge in [-0.25, -0.2) is 9.78 Å². The predicted octanol–water partition coefficient (Wildman–Crippen LogP) is 1.79. The van der Waals surface area contributed by atoms with E-state index in [4.69, 9.17) is 4.74 Å². The highest BCUT2D eigenvalue weighted by atomic mass is 32.1. The number of thiazole rings is 1. The number of carbonyl (C=O) groups is 2. The molecule has 0 bridgehead atoms. The van der Waals surface area contributed by atoms with E-state index in [0.29, 0.717) is 18.0 Å². The number of hydrogen-bond donors (Lipinski definition) is 2. The maximum atomic E-state index is 11.8. The van der Waals surface area contributed by atoms with Gasteiger partial charge in [-0.2, -0.15) is 0 Å². The van der Waals surface area contributed by atoms with E-state index in [1.54, 1.807) is 33.2 Å². The Hall–Kier alpha value is -1.67. The lowest BCUT2D eigenvalue weighted by Crippen LogP contribution is -2.35. The maximum Gasteiger partial charge on any atom is 0.410 e. The monoisotopic (exact) mass is 329 g/mol. The van der Waals surface area contributed by atoms with Crippen LogP contribution in [0.5, 0.6) is 0 Å². The van der Waals surface area contributed by atoms with E-state index in [-0.39, 0.29) is 11.6 Å². The van der Waals surface area contributed by atoms with Crippen LogP contribution in [0.15, 0.2) is 5.38 Å². The molecule has 0 aromatic carbocycles. The third kappa shape index (κ3) is 5.61. The lowest BCUT2D eigenvalue weighted by Gasteiger charge is -2.25. The number of aliphatic hydroxyl groups is 1. The molecule has 0 radical (unpaired) electrons. The fourth-order valence-electron chi connectivity index (χ4n) is 1.54. The van der Waals surface area contributed by atoms with Gasteiger partial charge in [0, 0.05) is 26.0 Å². The lowest BCUT2D eigenvalue weighted by molar-refractivity contribution is 0.0273. The van der Waals surface area contributed by atoms with E-state index in [1.165, 1.54) is 23.3 Å². The highest BCUT2D eigenvalue weighted by molar-refractivity contribution is 7.09. The first-order valence-electron chi connectivity index (χ1n) is 6.93. The molecule has 7 nitrogen and oxygen atoms in total. The van der Waals surface area contributed by atoms with E-state index < -0.39 is 17.8 Å². The second-order valence-corrected chi connectivity index (χ2v) is 6.75. The molecule has 0 spiro atoms. The Labute approximate surface area is 134 Å². The molecule has 22 heavy (non-hydrogen) atoms. The van der Waals surface area contributed by atoms with Gasteiger partial charge >= 0.3 is 6.09 Å². The van der Waals surface area contributed by atoms with Gasteiger partial charge in [0.1, 0.15) is 22.4 Å². The number of hydrogen-bond acceptors (Lipinski definition) is 6. The van der Waals surface area contributed by atoms with Gasteiger partial charge in [0.15, 0.2) is 0 Å². The van der Waals surface area contributed by atoms with Crippen molar-refractivity contribution in [2.45, 2.75) is 38.9 Å². The molecule has 1 heterocycles. The number of rotatable bonds is 5. The van der Waals surface area contributed by atoms with E-state index >= 15 is 0 Å². The van der Waals surface area contributed by atoms with Gasteiger partial charge in [-0.15, -0.1) is 11.3 Å². The Morgan fingerprint density at radius 2 is 2.14 bits per heavy atom. The van der Waals surface area contributed by atoms with Gasteiger partial charge in [-0.3, -0.25) is 4.79 Å². The molecule has 0 saturated heterocycles. The van der Waals surface area contributed by atoms with Crippen molar-refractivity contribution in [1.29, 1.82) is 0 Å². The van der Waals surface area contributed by atoms with Crippen molar-refractivity contribution in [3.8, 4) is 0 Å². The first kappa shape index (κ1) is 18.4. The summed E-state index contributed by atoms with van der Waals surface area (Å²) in [6.45, 7) is 5.71. The Morgan fingerprint density at radius 3 is 2.68 bits per heavy atom. The summed E-state index contributed by atoms with van der Waals surface area (Å²) in [5, 5.41) is 14.6. The van der Waals surface area contributed by atoms with E-state index in [0.717, 1.165) is 0 Å². The van der Waals surface area contributed by atoms with E-state index in [9.17, 15) is 14.7 Å². The standard InChI is InChI=1S/C14H23N3O4S/c1-14(2,3)21-13(20)17(5)7-6-10(18)12-16-9(8-22-12)11(19)15-4/h8,10,18H,6-7H2,1-5H3,(H,15,19)/t10-/m1/s1. The highest BCUT2D eigenvalue weighted by Crippen LogP contribution is 2.21. The quantitative estimate of drug-likeness (QED) is 0.859. The molecule has 1 rings (SSSR count). The van der Waals surface area contributed by atoms with Gasteiger partial charge < -0.3 is 20.1 Å². The van der Waals surface area contributed by atoms with Crippen LogP contribution in [-0.2, 0) is 4.74 Å². The molecule has 0 saturated carbocycles. The van der Waals surface area contributed by atoms with Gasteiger partial charge in [0.05, 0.1) is 0 Å². The average Bonchev–Trinajstić information content (AvgIpc) is 2.91. The number of amides is 2. The van der Waals surface area contributed by atoms with Crippen LogP contribution in [0.2, 0.25) is 0 Å². The summed E-state index contributed by atoms with van der Waals surface area (Å²) in [6.07, 6.45) is -0.950. The zero-order valence-electron chi connectivity index (χ0n) is 13.5. The van der Waals surface area contributed by atoms with Crippen molar-refractivity contribution in [2.24, 2.45) is 0 Å². The van der Waals surface area contributed by atoms with Crippen molar-refractivity contribution >= 4 is 23.3 Å². The van der Waals surface area contributed by atoms with Gasteiger partial charge in [0.2, 0.25) is 0 Å². The molecule has 1 aromatic heterocycles. The van der Waals surface area contributed by atoms with Crippen LogP contribution >= 0.6 is 11.3 Å². The van der Waals surface area contributed by atoms with Crippen LogP contribution in [0.4, 0.5) is 4.79 Å². The summed E-state index contributed by atoms with van der Waals surface area (Å²) in [6, 6.07) is 0. The molecule has 0 unspecified atom stereocenters. The number of nitrogens with zero attached hydrogens (tertiary/aromatic N) is 2. The van der Waals surface area contributed by atoms with Gasteiger partial charge in [-0.1, -0.05) is 0 Å². The minimum atomic E-state index is -0.826. The van der Waals surface area contributed by atoms with Gasteiger partial charge in [0.25, 0.3) is 5.91 Å². The average molecular weight is 329 g/mol. The van der Waals surface area contributed by atoms with Crippen molar-refractivity contribution in [2.75, 3.05) is 20.6 Å². The summed E-state index contributed by atoms with van der Waals surface area (Å²) in [5.74, 6) is -0.291. The van der Waals surface area contributed by atoms with Crippen LogP contribution < -0.4 is 5.32 Å². The van der Waals surface area contributed by atoms with Crippen molar-refractivity contribution < 1.29 is 19.4 Å². The molecule has 2 amide bonds. The molecule has 0 fully saturated rings. The van der Waals surface area contributed by atoms with Crippen LogP contribution in [0.1, 0.15) is 48.8 Å². The van der Waals surface area contributed by atoms with Crippen LogP contribution in [0.25, 0.3) is 0 Å². The van der Waals surface area contributed by atoms with E-state index in [2.05, 4.69) is 10.3 Å². The summed E-state index contributed by atoms with van der Waals surface area (Å²) in [7, 11) is 3.13. The lowest BCUT2D eigenvalue weighted by atomic mass is 10.2. The summed E-state index contributed by atoms with van der Waals surface area (Å²) >= 11 is 1.21. The Balaban J connectivity index is 2.52. The number of nitrogens with one attached hydrogen (secondary N) is 1. The Bertz CT molecular complexity index is 524. The third-order valence-corrected chi connectivity index (χ3v) is 3.66. The maximum absolute atomic E-state index is 11.8. The zero-order valence-corrected chi connectivity index (χ0v) is 14.4. The normalized spacial score (nSPS) is 12.6. The molecule has 1 atom stereocenters. The fourth-order valence-corrected chi connectivity index (χ4v) is 2.36. The number of aliphatic hydroxyl groups excluding tert-OH is 1. The summed E-state index contributed by atoms with van der Waals surface area (Å²) < 4.78 is 5.23. The number of aromatic nitrogens is 1. The van der Waals surface area contributed by atoms with Crippen LogP contribution in [-0.4, -0.2) is 53.2 Å². The molecule has 0 aliphatic carbocycles. The topological polar surface area (TPSA) is 91.8 Å². The number of ether oxygens (including phenoxy) is 1. The molecule has 8 heteroatoms. The van der Waals surface area contributed by atoms with Crippen molar-refractivity contribution in [3.63, 3.8) is 0 Å². The second-order valence-electron chi connectivity index (χ2n) is 5.86. The van der Waals surface area contributed by atoms with Crippen molar-refractivity contribution in [3.05, 3.63) is 16.1 Å². The largest absolute Gasteiger partial charge is 0.444 e. The smallest absolute Gasteiger partial charge is 0.410 e. The SMILES string of the molecule is CNC(=O)c1csc([C@H](O)CCN(C)C(=O)OC(C)(C)C)n1. The van der Waals surface area contributed by atoms with Crippen molar-refractivity contribution in [1.82, 2.24) is 15.2 Å². The van der Waals surface area contributed by atoms with E-state index in [1.807, 2.05) is 0 Å². The second kappa shape index (κ2) is 7.55. The molecule has 124 valence electrons. The zero-order chi connectivity index (χ0) is 16.9. The Morgan fingerprint density at radius 1 is 1.50 bits per heavy atom. The minimum Gasteiger partial charge on any atom is -0.444 e. The number of carbonyl (C=O) groups excluding carboxylic acids is 2. The highest BCUT2D eigenvalue weighted by Gasteiger charge is 2.21.